The van der Waals surface area contributed by atoms with Crippen molar-refractivity contribution in [3.63, 3.8) is 0 Å². The minimum Gasteiger partial charge on any atom is -0.456 e. The van der Waals surface area contributed by atoms with Crippen LogP contribution in [0.4, 0.5) is 13.2 Å². The molecule has 1 aromatic rings. The molecule has 1 aliphatic rings. The maximum absolute atomic E-state index is 12.8. The van der Waals surface area contributed by atoms with Crippen molar-refractivity contribution in [2.45, 2.75) is 51.3 Å². The predicted octanol–water partition coefficient (Wildman–Crippen LogP) is 2.93. The number of alkyl halides is 3. The summed E-state index contributed by atoms with van der Waals surface area (Å²) in [5.41, 5.74) is -1.76. The van der Waals surface area contributed by atoms with Crippen LogP contribution in [0.2, 0.25) is 0 Å². The molecule has 4 nitrogen and oxygen atoms in total. The van der Waals surface area contributed by atoms with Gasteiger partial charge in [-0.3, -0.25) is 4.79 Å². The van der Waals surface area contributed by atoms with Gasteiger partial charge in [0.25, 0.3) is 5.91 Å². The van der Waals surface area contributed by atoms with Gasteiger partial charge in [0, 0.05) is 32.4 Å². The van der Waals surface area contributed by atoms with Crippen LogP contribution in [0.25, 0.3) is 0 Å². The van der Waals surface area contributed by atoms with E-state index in [0.717, 1.165) is 17.7 Å². The Balaban J connectivity index is 2.08. The molecule has 2 heterocycles. The summed E-state index contributed by atoms with van der Waals surface area (Å²) in [5, 5.41) is 9.62. The highest BCUT2D eigenvalue weighted by Gasteiger charge is 2.55. The Kier molecular flexibility index (Phi) is 4.56. The quantitative estimate of drug-likeness (QED) is 0.932. The van der Waals surface area contributed by atoms with E-state index < -0.39 is 30.5 Å². The summed E-state index contributed by atoms with van der Waals surface area (Å²) in [6.07, 6.45) is -4.30. The van der Waals surface area contributed by atoms with E-state index in [1.165, 1.54) is 4.90 Å². The largest absolute Gasteiger partial charge is 0.456 e. The van der Waals surface area contributed by atoms with E-state index in [9.17, 15) is 23.1 Å². The average molecular weight is 319 g/mol. The topological polar surface area (TPSA) is 53.7 Å². The molecule has 0 aromatic carbocycles. The third kappa shape index (κ3) is 2.99. The lowest BCUT2D eigenvalue weighted by Gasteiger charge is -2.38. The summed E-state index contributed by atoms with van der Waals surface area (Å²) >= 11 is 0. The summed E-state index contributed by atoms with van der Waals surface area (Å²) in [4.78, 5) is 13.6. The van der Waals surface area contributed by atoms with Crippen molar-refractivity contribution >= 4 is 5.91 Å². The second-order valence-corrected chi connectivity index (χ2v) is 5.59. The van der Waals surface area contributed by atoms with Crippen molar-refractivity contribution < 1.29 is 27.5 Å². The number of aliphatic hydroxyl groups is 1. The lowest BCUT2D eigenvalue weighted by molar-refractivity contribution is -0.271. The third-order valence-electron chi connectivity index (χ3n) is 4.21. The highest BCUT2D eigenvalue weighted by atomic mass is 19.4. The molecule has 0 spiro atoms. The van der Waals surface area contributed by atoms with Gasteiger partial charge in [0.2, 0.25) is 0 Å². The summed E-state index contributed by atoms with van der Waals surface area (Å²) < 4.78 is 43.8. The Labute approximate surface area is 126 Å². The first-order chi connectivity index (χ1) is 10.2. The number of aryl methyl sites for hydroxylation is 2. The van der Waals surface area contributed by atoms with E-state index in [1.807, 2.05) is 13.8 Å². The highest BCUT2D eigenvalue weighted by Crippen LogP contribution is 2.38. The van der Waals surface area contributed by atoms with Gasteiger partial charge in [0.1, 0.15) is 5.76 Å². The normalized spacial score (nSPS) is 18.5. The molecule has 1 saturated heterocycles. The first-order valence-electron chi connectivity index (χ1n) is 7.41. The number of halogens is 3. The molecule has 1 aromatic heterocycles. The number of nitrogens with zero attached hydrogens (tertiary/aromatic N) is 1. The molecule has 0 radical (unpaired) electrons. The number of carbonyl (C=O) groups excluding carboxylic acids is 1. The Morgan fingerprint density at radius 3 is 2.32 bits per heavy atom. The monoisotopic (exact) mass is 319 g/mol. The van der Waals surface area contributed by atoms with Crippen molar-refractivity contribution in [2.24, 2.45) is 0 Å². The molecule has 0 aliphatic carbocycles. The molecule has 1 amide bonds. The van der Waals surface area contributed by atoms with E-state index in [-0.39, 0.29) is 18.8 Å². The van der Waals surface area contributed by atoms with Crippen LogP contribution >= 0.6 is 0 Å². The van der Waals surface area contributed by atoms with Crippen LogP contribution in [-0.2, 0) is 12.8 Å². The molecule has 0 atom stereocenters. The van der Waals surface area contributed by atoms with Gasteiger partial charge in [0.15, 0.2) is 11.4 Å². The molecule has 0 bridgehead atoms. The minimum absolute atomic E-state index is 0.140. The molecule has 0 saturated carbocycles. The molecular formula is C15H20F3NO3. The number of furan rings is 1. The molecule has 1 N–H and O–H groups in total. The van der Waals surface area contributed by atoms with Gasteiger partial charge in [0.05, 0.1) is 0 Å². The fraction of sp³-hybridized carbons (Fsp3) is 0.667. The number of hydrogen-bond acceptors (Lipinski definition) is 3. The molecule has 124 valence electrons. The molecule has 7 heteroatoms. The van der Waals surface area contributed by atoms with Gasteiger partial charge in [-0.25, -0.2) is 0 Å². The predicted molar refractivity (Wildman–Crippen MR) is 73.6 cm³/mol. The molecule has 1 fully saturated rings. The maximum Gasteiger partial charge on any atom is 0.417 e. The maximum atomic E-state index is 12.8. The Morgan fingerprint density at radius 1 is 1.32 bits per heavy atom. The van der Waals surface area contributed by atoms with Crippen LogP contribution in [0.5, 0.6) is 0 Å². The number of rotatable bonds is 3. The molecule has 22 heavy (non-hydrogen) atoms. The SMILES string of the molecule is CCc1cc(C(=O)N2CCC(O)(C(F)(F)F)CC2)oc1CC. The van der Waals surface area contributed by atoms with Gasteiger partial charge >= 0.3 is 6.18 Å². The number of piperidine rings is 1. The minimum atomic E-state index is -4.67. The summed E-state index contributed by atoms with van der Waals surface area (Å²) in [6, 6.07) is 1.66. The molecule has 2 rings (SSSR count). The standard InChI is InChI=1S/C15H20F3NO3/c1-3-10-9-12(22-11(10)4-2)13(20)19-7-5-14(21,6-8-19)15(16,17)18/h9,21H,3-8H2,1-2H3. The van der Waals surface area contributed by atoms with Gasteiger partial charge in [-0.1, -0.05) is 13.8 Å². The van der Waals surface area contributed by atoms with Gasteiger partial charge in [-0.2, -0.15) is 13.2 Å². The van der Waals surface area contributed by atoms with E-state index in [1.54, 1.807) is 6.07 Å². The molecule has 1 aliphatic heterocycles. The van der Waals surface area contributed by atoms with Crippen LogP contribution in [0, 0.1) is 0 Å². The third-order valence-corrected chi connectivity index (χ3v) is 4.21. The first kappa shape index (κ1) is 16.9. The van der Waals surface area contributed by atoms with Gasteiger partial charge < -0.3 is 14.4 Å². The van der Waals surface area contributed by atoms with Crippen molar-refractivity contribution in [2.75, 3.05) is 13.1 Å². The van der Waals surface area contributed by atoms with E-state index in [0.29, 0.717) is 6.42 Å². The zero-order chi connectivity index (χ0) is 16.5. The fourth-order valence-corrected chi connectivity index (χ4v) is 2.69. The van der Waals surface area contributed by atoms with Crippen LogP contribution < -0.4 is 0 Å². The zero-order valence-corrected chi connectivity index (χ0v) is 12.7. The lowest BCUT2D eigenvalue weighted by Crippen LogP contribution is -2.54. The Morgan fingerprint density at radius 2 is 1.91 bits per heavy atom. The fourth-order valence-electron chi connectivity index (χ4n) is 2.69. The average Bonchev–Trinajstić information content (AvgIpc) is 2.89. The molecule has 0 unspecified atom stereocenters. The first-order valence-corrected chi connectivity index (χ1v) is 7.41. The highest BCUT2D eigenvalue weighted by molar-refractivity contribution is 5.92. The van der Waals surface area contributed by atoms with Crippen LogP contribution in [0.3, 0.4) is 0 Å². The van der Waals surface area contributed by atoms with E-state index in [2.05, 4.69) is 0 Å². The van der Waals surface area contributed by atoms with Crippen LogP contribution in [-0.4, -0.2) is 40.8 Å². The number of likely N-dealkylation sites (tertiary alicyclic amines) is 1. The van der Waals surface area contributed by atoms with Gasteiger partial charge in [-0.15, -0.1) is 0 Å². The van der Waals surface area contributed by atoms with E-state index >= 15 is 0 Å². The number of hydrogen-bond donors (Lipinski definition) is 1. The van der Waals surface area contributed by atoms with Crippen molar-refractivity contribution in [3.05, 3.63) is 23.2 Å². The second-order valence-electron chi connectivity index (χ2n) is 5.59. The summed E-state index contributed by atoms with van der Waals surface area (Å²) in [7, 11) is 0. The smallest absolute Gasteiger partial charge is 0.417 e. The number of carbonyl (C=O) groups is 1. The second kappa shape index (κ2) is 5.95. The van der Waals surface area contributed by atoms with Crippen molar-refractivity contribution in [1.29, 1.82) is 0 Å². The lowest BCUT2D eigenvalue weighted by atomic mass is 9.90. The van der Waals surface area contributed by atoms with Crippen LogP contribution in [0.1, 0.15) is 48.6 Å². The van der Waals surface area contributed by atoms with E-state index in [4.69, 9.17) is 4.42 Å². The summed E-state index contributed by atoms with van der Waals surface area (Å²) in [5.74, 6) is 0.472. The zero-order valence-electron chi connectivity index (χ0n) is 12.7. The summed E-state index contributed by atoms with van der Waals surface area (Å²) in [6.45, 7) is 3.58. The molecular weight excluding hydrogens is 299 g/mol. The van der Waals surface area contributed by atoms with Crippen molar-refractivity contribution in [3.8, 4) is 0 Å². The number of amides is 1. The van der Waals surface area contributed by atoms with Crippen LogP contribution in [0.15, 0.2) is 10.5 Å². The Hall–Kier alpha value is -1.50. The van der Waals surface area contributed by atoms with Gasteiger partial charge in [-0.05, 0) is 18.1 Å². The Bertz CT molecular complexity index is 521. The van der Waals surface area contributed by atoms with Crippen molar-refractivity contribution in [1.82, 2.24) is 4.90 Å².